The molecular formula is C16H21ClFN3O4. The highest BCUT2D eigenvalue weighted by atomic mass is 35.5. The second-order valence-electron chi connectivity index (χ2n) is 7.31. The predicted octanol–water partition coefficient (Wildman–Crippen LogP) is 2.53. The van der Waals surface area contributed by atoms with Crippen molar-refractivity contribution >= 4 is 17.7 Å². The van der Waals surface area contributed by atoms with E-state index in [1.54, 1.807) is 4.90 Å². The van der Waals surface area contributed by atoms with E-state index in [1.807, 2.05) is 20.8 Å². The van der Waals surface area contributed by atoms with Crippen LogP contribution in [0.5, 0.6) is 5.88 Å². The summed E-state index contributed by atoms with van der Waals surface area (Å²) in [5, 5.41) is -0.280. The maximum absolute atomic E-state index is 14.0. The number of hydrogen-bond acceptors (Lipinski definition) is 6. The minimum atomic E-state index is -0.780. The molecule has 1 aromatic heterocycles. The summed E-state index contributed by atoms with van der Waals surface area (Å²) in [6.07, 6.45) is 0.482. The van der Waals surface area contributed by atoms with Gasteiger partial charge in [0.05, 0.1) is 13.2 Å². The SMILES string of the molecule is CC(C)(C)OC(=O)N1CC2COC[C@@H](C1)[C@H]2Oc1ncnc(Cl)c1F. The normalized spacial score (nSPS) is 26.3. The third-order valence-corrected chi connectivity index (χ3v) is 4.38. The second kappa shape index (κ2) is 6.92. The summed E-state index contributed by atoms with van der Waals surface area (Å²) in [6, 6.07) is 0. The molecule has 3 rings (SSSR count). The molecule has 1 unspecified atom stereocenters. The molecule has 3 heterocycles. The number of carbonyl (C=O) groups is 1. The molecule has 3 atom stereocenters. The number of likely N-dealkylation sites (tertiary alicyclic amines) is 1. The van der Waals surface area contributed by atoms with Gasteiger partial charge in [-0.3, -0.25) is 0 Å². The van der Waals surface area contributed by atoms with Gasteiger partial charge in [-0.25, -0.2) is 9.78 Å². The maximum Gasteiger partial charge on any atom is 0.410 e. The van der Waals surface area contributed by atoms with Gasteiger partial charge in [-0.1, -0.05) is 11.6 Å². The minimum Gasteiger partial charge on any atom is -0.471 e. The minimum absolute atomic E-state index is 0.104. The number of ether oxygens (including phenoxy) is 3. The molecule has 1 amide bonds. The standard InChI is InChI=1S/C16H21ClFN3O4/c1-16(2,3)25-15(22)21-4-9-6-23-7-10(5-21)12(9)24-14-11(18)13(17)19-8-20-14/h8-10,12H,4-7H2,1-3H3/t9-,10?,12-/m1/s1. The van der Waals surface area contributed by atoms with Gasteiger partial charge in [-0.05, 0) is 20.8 Å². The largest absolute Gasteiger partial charge is 0.471 e. The van der Waals surface area contributed by atoms with Gasteiger partial charge in [-0.15, -0.1) is 0 Å². The van der Waals surface area contributed by atoms with Gasteiger partial charge in [0.25, 0.3) is 5.88 Å². The van der Waals surface area contributed by atoms with Gasteiger partial charge >= 0.3 is 6.09 Å². The number of hydrogen-bond donors (Lipinski definition) is 0. The molecule has 2 aliphatic heterocycles. The van der Waals surface area contributed by atoms with Gasteiger partial charge in [-0.2, -0.15) is 9.37 Å². The van der Waals surface area contributed by atoms with E-state index in [0.717, 1.165) is 6.33 Å². The number of carbonyl (C=O) groups excluding carboxylic acids is 1. The summed E-state index contributed by atoms with van der Waals surface area (Å²) in [7, 11) is 0. The van der Waals surface area contributed by atoms with Crippen molar-refractivity contribution in [2.75, 3.05) is 26.3 Å². The number of amides is 1. The maximum atomic E-state index is 14.0. The Labute approximate surface area is 150 Å². The van der Waals surface area contributed by atoms with Gasteiger partial charge in [0, 0.05) is 24.9 Å². The van der Waals surface area contributed by atoms with Gasteiger partial charge < -0.3 is 19.1 Å². The second-order valence-corrected chi connectivity index (χ2v) is 7.67. The van der Waals surface area contributed by atoms with Crippen molar-refractivity contribution in [1.82, 2.24) is 14.9 Å². The summed E-state index contributed by atoms with van der Waals surface area (Å²) >= 11 is 5.68. The fraction of sp³-hybridized carbons (Fsp3) is 0.688. The van der Waals surface area contributed by atoms with Crippen LogP contribution in [0.3, 0.4) is 0 Å². The van der Waals surface area contributed by atoms with Crippen LogP contribution in [0.1, 0.15) is 20.8 Å². The molecule has 0 aliphatic carbocycles. The average molecular weight is 374 g/mol. The Morgan fingerprint density at radius 2 is 1.96 bits per heavy atom. The Kier molecular flexibility index (Phi) is 5.02. The molecule has 0 aromatic carbocycles. The topological polar surface area (TPSA) is 73.8 Å². The van der Waals surface area contributed by atoms with E-state index in [9.17, 15) is 9.18 Å². The lowest BCUT2D eigenvalue weighted by atomic mass is 9.84. The van der Waals surface area contributed by atoms with Crippen LogP contribution in [0, 0.1) is 17.7 Å². The third kappa shape index (κ3) is 4.12. The first-order valence-corrected chi connectivity index (χ1v) is 8.50. The van der Waals surface area contributed by atoms with E-state index in [-0.39, 0.29) is 35.1 Å². The molecule has 0 N–H and O–H groups in total. The monoisotopic (exact) mass is 373 g/mol. The molecule has 0 radical (unpaired) electrons. The Morgan fingerprint density at radius 3 is 2.56 bits per heavy atom. The highest BCUT2D eigenvalue weighted by Crippen LogP contribution is 2.33. The van der Waals surface area contributed by atoms with E-state index >= 15 is 0 Å². The zero-order valence-electron chi connectivity index (χ0n) is 14.4. The van der Waals surface area contributed by atoms with E-state index in [1.165, 1.54) is 0 Å². The predicted molar refractivity (Wildman–Crippen MR) is 87.0 cm³/mol. The lowest BCUT2D eigenvalue weighted by Gasteiger charge is -2.46. The van der Waals surface area contributed by atoms with Crippen molar-refractivity contribution in [3.05, 3.63) is 17.3 Å². The Balaban J connectivity index is 1.72. The third-order valence-electron chi connectivity index (χ3n) is 4.12. The highest BCUT2D eigenvalue weighted by molar-refractivity contribution is 6.29. The van der Waals surface area contributed by atoms with Crippen molar-refractivity contribution in [3.8, 4) is 5.88 Å². The van der Waals surface area contributed by atoms with Crippen LogP contribution in [0.2, 0.25) is 5.15 Å². The van der Waals surface area contributed by atoms with Gasteiger partial charge in [0.1, 0.15) is 18.0 Å². The number of aromatic nitrogens is 2. The summed E-state index contributed by atoms with van der Waals surface area (Å²) < 4.78 is 30.8. The van der Waals surface area contributed by atoms with Crippen LogP contribution in [0.15, 0.2) is 6.33 Å². The zero-order chi connectivity index (χ0) is 18.2. The molecule has 1 aromatic rings. The molecular weight excluding hydrogens is 353 g/mol. The summed E-state index contributed by atoms with van der Waals surface area (Å²) in [4.78, 5) is 21.4. The molecule has 2 fully saturated rings. The molecule has 7 nitrogen and oxygen atoms in total. The number of fused-ring (bicyclic) bond motifs is 2. The van der Waals surface area contributed by atoms with Crippen LogP contribution in [0.25, 0.3) is 0 Å². The molecule has 25 heavy (non-hydrogen) atoms. The molecule has 9 heteroatoms. The Morgan fingerprint density at radius 1 is 1.32 bits per heavy atom. The summed E-state index contributed by atoms with van der Waals surface area (Å²) in [6.45, 7) is 7.14. The fourth-order valence-electron chi connectivity index (χ4n) is 3.11. The van der Waals surface area contributed by atoms with Crippen LogP contribution in [0.4, 0.5) is 9.18 Å². The Hall–Kier alpha value is -1.67. The van der Waals surface area contributed by atoms with Crippen LogP contribution < -0.4 is 4.74 Å². The Bertz CT molecular complexity index is 641. The quantitative estimate of drug-likeness (QED) is 0.742. The van der Waals surface area contributed by atoms with Crippen molar-refractivity contribution in [2.24, 2.45) is 11.8 Å². The fourth-order valence-corrected chi connectivity index (χ4v) is 3.24. The number of piperidine rings is 1. The van der Waals surface area contributed by atoms with Crippen molar-refractivity contribution in [2.45, 2.75) is 32.5 Å². The molecule has 2 bridgehead atoms. The van der Waals surface area contributed by atoms with E-state index in [0.29, 0.717) is 26.3 Å². The van der Waals surface area contributed by atoms with E-state index in [4.69, 9.17) is 25.8 Å². The smallest absolute Gasteiger partial charge is 0.410 e. The molecule has 0 saturated carbocycles. The molecule has 2 aliphatic rings. The number of halogens is 2. The van der Waals surface area contributed by atoms with Gasteiger partial charge in [0.15, 0.2) is 5.15 Å². The first kappa shape index (κ1) is 18.1. The van der Waals surface area contributed by atoms with Crippen molar-refractivity contribution in [3.63, 3.8) is 0 Å². The first-order chi connectivity index (χ1) is 11.7. The lowest BCUT2D eigenvalue weighted by Crippen LogP contribution is -2.59. The van der Waals surface area contributed by atoms with Gasteiger partial charge in [0.2, 0.25) is 5.82 Å². The van der Waals surface area contributed by atoms with Crippen LogP contribution in [-0.2, 0) is 9.47 Å². The zero-order valence-corrected chi connectivity index (χ0v) is 15.1. The highest BCUT2D eigenvalue weighted by Gasteiger charge is 2.44. The van der Waals surface area contributed by atoms with E-state index < -0.39 is 11.4 Å². The van der Waals surface area contributed by atoms with Crippen molar-refractivity contribution in [1.29, 1.82) is 0 Å². The number of nitrogens with zero attached hydrogens (tertiary/aromatic N) is 3. The lowest BCUT2D eigenvalue weighted by molar-refractivity contribution is -0.114. The molecule has 0 spiro atoms. The summed E-state index contributed by atoms with van der Waals surface area (Å²) in [5.74, 6) is -1.16. The molecule has 138 valence electrons. The van der Waals surface area contributed by atoms with E-state index in [2.05, 4.69) is 9.97 Å². The summed E-state index contributed by atoms with van der Waals surface area (Å²) in [5.41, 5.74) is -0.559. The first-order valence-electron chi connectivity index (χ1n) is 8.13. The van der Waals surface area contributed by atoms with Crippen LogP contribution >= 0.6 is 11.6 Å². The van der Waals surface area contributed by atoms with Crippen molar-refractivity contribution < 1.29 is 23.4 Å². The average Bonchev–Trinajstić information content (AvgIpc) is 2.49. The van der Waals surface area contributed by atoms with Crippen LogP contribution in [-0.4, -0.2) is 59.0 Å². The number of rotatable bonds is 2. The molecule has 2 saturated heterocycles.